The van der Waals surface area contributed by atoms with E-state index in [4.69, 9.17) is 0 Å². The number of rotatable bonds is 5. The highest BCUT2D eigenvalue weighted by Crippen LogP contribution is 2.27. The van der Waals surface area contributed by atoms with Crippen LogP contribution in [0.3, 0.4) is 0 Å². The lowest BCUT2D eigenvalue weighted by molar-refractivity contribution is 0.569. The summed E-state index contributed by atoms with van der Waals surface area (Å²) in [5.41, 5.74) is 2.34. The highest BCUT2D eigenvalue weighted by Gasteiger charge is 2.08. The van der Waals surface area contributed by atoms with Crippen LogP contribution in [0.15, 0.2) is 47.4 Å². The molecular formula is C15H15N3S2. The fourth-order valence-electron chi connectivity index (χ4n) is 1.93. The van der Waals surface area contributed by atoms with Crippen molar-refractivity contribution in [2.24, 2.45) is 0 Å². The van der Waals surface area contributed by atoms with E-state index in [0.29, 0.717) is 6.04 Å². The van der Waals surface area contributed by atoms with E-state index in [-0.39, 0.29) is 0 Å². The Morgan fingerprint density at radius 2 is 2.05 bits per heavy atom. The summed E-state index contributed by atoms with van der Waals surface area (Å²) in [5, 5.41) is 8.81. The van der Waals surface area contributed by atoms with Crippen molar-refractivity contribution in [1.82, 2.24) is 15.3 Å². The van der Waals surface area contributed by atoms with Gasteiger partial charge in [-0.3, -0.25) is 4.98 Å². The Bertz CT molecular complexity index is 647. The minimum Gasteiger partial charge on any atom is -0.305 e. The van der Waals surface area contributed by atoms with Gasteiger partial charge in [0.15, 0.2) is 0 Å². The third-order valence-electron chi connectivity index (χ3n) is 3.08. The second-order valence-electron chi connectivity index (χ2n) is 4.50. The fraction of sp³-hybridized carbons (Fsp3) is 0.200. The molecule has 0 unspecified atom stereocenters. The zero-order valence-electron chi connectivity index (χ0n) is 11.1. The quantitative estimate of drug-likeness (QED) is 0.770. The van der Waals surface area contributed by atoms with Gasteiger partial charge in [-0.1, -0.05) is 6.07 Å². The molecule has 3 aromatic rings. The van der Waals surface area contributed by atoms with E-state index in [0.717, 1.165) is 17.2 Å². The first kappa shape index (κ1) is 13.4. The van der Waals surface area contributed by atoms with Crippen LogP contribution in [0, 0.1) is 0 Å². The predicted octanol–water partition coefficient (Wildman–Crippen LogP) is 4.12. The number of hydrogen-bond acceptors (Lipinski definition) is 5. The molecule has 3 heterocycles. The standard InChI is InChI=1S/C15H15N3S2/c1-11(12-4-6-16-7-5-12)17-9-13-10-20-15(18-13)14-3-2-8-19-14/h2-8,10-11,17H,9H2,1H3/t11-/m0/s1. The Balaban J connectivity index is 1.62. The van der Waals surface area contributed by atoms with Gasteiger partial charge in [0, 0.05) is 30.4 Å². The normalized spacial score (nSPS) is 12.4. The minimum atomic E-state index is 0.296. The van der Waals surface area contributed by atoms with Crippen molar-refractivity contribution in [1.29, 1.82) is 0 Å². The number of hydrogen-bond donors (Lipinski definition) is 1. The van der Waals surface area contributed by atoms with E-state index < -0.39 is 0 Å². The number of nitrogens with zero attached hydrogens (tertiary/aromatic N) is 2. The molecule has 0 aromatic carbocycles. The van der Waals surface area contributed by atoms with Gasteiger partial charge in [-0.05, 0) is 36.1 Å². The summed E-state index contributed by atoms with van der Waals surface area (Å²) in [7, 11) is 0. The van der Waals surface area contributed by atoms with Crippen LogP contribution in [0.2, 0.25) is 0 Å². The maximum absolute atomic E-state index is 4.67. The molecule has 0 spiro atoms. The van der Waals surface area contributed by atoms with Gasteiger partial charge in [-0.25, -0.2) is 4.98 Å². The van der Waals surface area contributed by atoms with E-state index in [1.165, 1.54) is 10.4 Å². The molecule has 0 fully saturated rings. The number of aromatic nitrogens is 2. The summed E-state index contributed by atoms with van der Waals surface area (Å²) < 4.78 is 0. The SMILES string of the molecule is C[C@H](NCc1csc(-c2cccs2)n1)c1ccncc1. The molecule has 102 valence electrons. The van der Waals surface area contributed by atoms with Crippen molar-refractivity contribution in [3.05, 3.63) is 58.7 Å². The molecule has 0 saturated carbocycles. The molecule has 20 heavy (non-hydrogen) atoms. The first-order valence-corrected chi connectivity index (χ1v) is 8.20. The molecule has 0 amide bonds. The van der Waals surface area contributed by atoms with E-state index in [1.807, 2.05) is 24.5 Å². The predicted molar refractivity (Wildman–Crippen MR) is 84.9 cm³/mol. The molecule has 0 aliphatic rings. The van der Waals surface area contributed by atoms with Crippen molar-refractivity contribution in [2.75, 3.05) is 0 Å². The Kier molecular flexibility index (Phi) is 4.20. The summed E-state index contributed by atoms with van der Waals surface area (Å²) in [6, 6.07) is 8.54. The third-order valence-corrected chi connectivity index (χ3v) is 5.01. The highest BCUT2D eigenvalue weighted by atomic mass is 32.1. The molecule has 5 heteroatoms. The average Bonchev–Trinajstić information content (AvgIpc) is 3.16. The maximum Gasteiger partial charge on any atom is 0.133 e. The Morgan fingerprint density at radius 1 is 1.20 bits per heavy atom. The highest BCUT2D eigenvalue weighted by molar-refractivity contribution is 7.20. The van der Waals surface area contributed by atoms with Crippen molar-refractivity contribution < 1.29 is 0 Å². The Hall–Kier alpha value is -1.56. The zero-order valence-corrected chi connectivity index (χ0v) is 12.7. The van der Waals surface area contributed by atoms with Crippen LogP contribution in [0.1, 0.15) is 24.2 Å². The zero-order chi connectivity index (χ0) is 13.8. The second kappa shape index (κ2) is 6.26. The first-order chi connectivity index (χ1) is 9.83. The van der Waals surface area contributed by atoms with Gasteiger partial charge >= 0.3 is 0 Å². The molecule has 1 N–H and O–H groups in total. The Morgan fingerprint density at radius 3 is 2.80 bits per heavy atom. The lowest BCUT2D eigenvalue weighted by Crippen LogP contribution is -2.18. The van der Waals surface area contributed by atoms with Gasteiger partial charge < -0.3 is 5.32 Å². The monoisotopic (exact) mass is 301 g/mol. The van der Waals surface area contributed by atoms with Gasteiger partial charge in [-0.2, -0.15) is 0 Å². The van der Waals surface area contributed by atoms with Gasteiger partial charge in [0.05, 0.1) is 10.6 Å². The molecule has 0 aliphatic heterocycles. The van der Waals surface area contributed by atoms with E-state index in [2.05, 4.69) is 45.1 Å². The summed E-state index contributed by atoms with van der Waals surface area (Å²) >= 11 is 3.44. The van der Waals surface area contributed by atoms with Crippen molar-refractivity contribution in [2.45, 2.75) is 19.5 Å². The van der Waals surface area contributed by atoms with E-state index in [9.17, 15) is 0 Å². The van der Waals surface area contributed by atoms with Crippen LogP contribution < -0.4 is 5.32 Å². The van der Waals surface area contributed by atoms with E-state index >= 15 is 0 Å². The molecule has 3 rings (SSSR count). The molecule has 3 aromatic heterocycles. The average molecular weight is 301 g/mol. The summed E-state index contributed by atoms with van der Waals surface area (Å²) in [6.45, 7) is 2.94. The van der Waals surface area contributed by atoms with Gasteiger partial charge in [0.25, 0.3) is 0 Å². The Labute approximate surface area is 126 Å². The summed E-state index contributed by atoms with van der Waals surface area (Å²) in [4.78, 5) is 9.95. The molecule has 0 radical (unpaired) electrons. The second-order valence-corrected chi connectivity index (χ2v) is 6.31. The van der Waals surface area contributed by atoms with Crippen molar-refractivity contribution in [3.8, 4) is 9.88 Å². The summed E-state index contributed by atoms with van der Waals surface area (Å²) in [6.07, 6.45) is 3.65. The number of pyridine rings is 1. The van der Waals surface area contributed by atoms with E-state index in [1.54, 1.807) is 22.7 Å². The van der Waals surface area contributed by atoms with Gasteiger partial charge in [0.2, 0.25) is 0 Å². The largest absolute Gasteiger partial charge is 0.305 e. The summed E-state index contributed by atoms with van der Waals surface area (Å²) in [5.74, 6) is 0. The third kappa shape index (κ3) is 3.12. The van der Waals surface area contributed by atoms with Gasteiger partial charge in [0.1, 0.15) is 5.01 Å². The maximum atomic E-state index is 4.67. The van der Waals surface area contributed by atoms with Crippen LogP contribution in [0.5, 0.6) is 0 Å². The first-order valence-electron chi connectivity index (χ1n) is 6.44. The number of nitrogens with one attached hydrogen (secondary N) is 1. The fourth-order valence-corrected chi connectivity index (χ4v) is 3.56. The van der Waals surface area contributed by atoms with Crippen molar-refractivity contribution in [3.63, 3.8) is 0 Å². The molecule has 0 saturated heterocycles. The van der Waals surface area contributed by atoms with Crippen LogP contribution in [0.4, 0.5) is 0 Å². The van der Waals surface area contributed by atoms with Gasteiger partial charge in [-0.15, -0.1) is 22.7 Å². The molecule has 0 aliphatic carbocycles. The minimum absolute atomic E-state index is 0.296. The van der Waals surface area contributed by atoms with Crippen LogP contribution >= 0.6 is 22.7 Å². The molecule has 1 atom stereocenters. The topological polar surface area (TPSA) is 37.8 Å². The smallest absolute Gasteiger partial charge is 0.133 e. The lowest BCUT2D eigenvalue weighted by Gasteiger charge is -2.12. The number of thiophene rings is 1. The molecular weight excluding hydrogens is 286 g/mol. The number of thiazole rings is 1. The molecule has 3 nitrogen and oxygen atoms in total. The lowest BCUT2D eigenvalue weighted by atomic mass is 10.1. The molecule has 0 bridgehead atoms. The van der Waals surface area contributed by atoms with Crippen LogP contribution in [0.25, 0.3) is 9.88 Å². The van der Waals surface area contributed by atoms with Crippen LogP contribution in [-0.4, -0.2) is 9.97 Å². The van der Waals surface area contributed by atoms with Crippen LogP contribution in [-0.2, 0) is 6.54 Å². The van der Waals surface area contributed by atoms with Crippen molar-refractivity contribution >= 4 is 22.7 Å².